The molecule has 2 aliphatic rings. The second kappa shape index (κ2) is 5.05. The first kappa shape index (κ1) is 14.2. The van der Waals surface area contributed by atoms with Crippen LogP contribution in [-0.2, 0) is 9.59 Å². The maximum absolute atomic E-state index is 12.8. The number of rotatable bonds is 1. The Morgan fingerprint density at radius 3 is 2.00 bits per heavy atom. The molecule has 2 aromatic rings. The lowest BCUT2D eigenvalue weighted by Crippen LogP contribution is -2.30. The largest absolute Gasteiger partial charge is 0.274 e. The lowest BCUT2D eigenvalue weighted by atomic mass is 9.78. The summed E-state index contributed by atoms with van der Waals surface area (Å²) in [4.78, 5) is 27.1. The summed E-state index contributed by atoms with van der Waals surface area (Å²) in [6.45, 7) is 4.14. The molecule has 0 saturated carbocycles. The Balaban J connectivity index is 1.75. The van der Waals surface area contributed by atoms with Crippen LogP contribution < -0.4 is 4.90 Å². The SMILES string of the molecule is CC1=C(C)CC2C(=O)N(c3ccc4ccccc4c3)C(=O)C2C1. The number of amides is 2. The van der Waals surface area contributed by atoms with E-state index in [0.717, 1.165) is 10.8 Å². The topological polar surface area (TPSA) is 37.4 Å². The molecule has 2 aromatic carbocycles. The fourth-order valence-electron chi connectivity index (χ4n) is 3.82. The van der Waals surface area contributed by atoms with E-state index in [1.165, 1.54) is 16.0 Å². The van der Waals surface area contributed by atoms with Crippen molar-refractivity contribution in [1.29, 1.82) is 0 Å². The van der Waals surface area contributed by atoms with E-state index in [-0.39, 0.29) is 23.7 Å². The zero-order chi connectivity index (χ0) is 16.1. The van der Waals surface area contributed by atoms with Gasteiger partial charge in [-0.1, -0.05) is 41.5 Å². The van der Waals surface area contributed by atoms with Gasteiger partial charge in [-0.15, -0.1) is 0 Å². The van der Waals surface area contributed by atoms with Crippen LogP contribution in [0.2, 0.25) is 0 Å². The molecule has 4 rings (SSSR count). The second-order valence-corrected chi connectivity index (χ2v) is 6.73. The zero-order valence-corrected chi connectivity index (χ0v) is 13.4. The highest BCUT2D eigenvalue weighted by Crippen LogP contribution is 2.42. The molecule has 1 aliphatic carbocycles. The van der Waals surface area contributed by atoms with Gasteiger partial charge in [0, 0.05) is 0 Å². The van der Waals surface area contributed by atoms with Gasteiger partial charge in [0.2, 0.25) is 11.8 Å². The second-order valence-electron chi connectivity index (χ2n) is 6.73. The highest BCUT2D eigenvalue weighted by atomic mass is 16.2. The Morgan fingerprint density at radius 2 is 1.39 bits per heavy atom. The molecule has 1 aliphatic heterocycles. The Kier molecular flexibility index (Phi) is 3.12. The molecule has 3 nitrogen and oxygen atoms in total. The fraction of sp³-hybridized carbons (Fsp3) is 0.300. The molecule has 116 valence electrons. The Bertz CT molecular complexity index is 833. The summed E-state index contributed by atoms with van der Waals surface area (Å²) in [6.07, 6.45) is 1.43. The number of anilines is 1. The number of imide groups is 1. The van der Waals surface area contributed by atoms with E-state index in [1.54, 1.807) is 0 Å². The van der Waals surface area contributed by atoms with Crippen molar-refractivity contribution in [2.24, 2.45) is 11.8 Å². The minimum atomic E-state index is -0.183. The average Bonchev–Trinajstić information content (AvgIpc) is 2.79. The molecule has 2 atom stereocenters. The highest BCUT2D eigenvalue weighted by molar-refractivity contribution is 6.22. The van der Waals surface area contributed by atoms with Gasteiger partial charge in [0.25, 0.3) is 0 Å². The molecular formula is C20H19NO2. The first-order valence-corrected chi connectivity index (χ1v) is 8.08. The van der Waals surface area contributed by atoms with Gasteiger partial charge in [-0.3, -0.25) is 14.5 Å². The van der Waals surface area contributed by atoms with Crippen LogP contribution in [0, 0.1) is 11.8 Å². The van der Waals surface area contributed by atoms with E-state index in [9.17, 15) is 9.59 Å². The molecule has 3 heteroatoms. The highest BCUT2D eigenvalue weighted by Gasteiger charge is 2.49. The number of nitrogens with zero attached hydrogens (tertiary/aromatic N) is 1. The molecule has 0 bridgehead atoms. The predicted octanol–water partition coefficient (Wildman–Crippen LogP) is 4.08. The summed E-state index contributed by atoms with van der Waals surface area (Å²) in [5.74, 6) is -0.445. The molecule has 2 amide bonds. The van der Waals surface area contributed by atoms with Crippen molar-refractivity contribution in [3.63, 3.8) is 0 Å². The summed E-state index contributed by atoms with van der Waals surface area (Å²) >= 11 is 0. The smallest absolute Gasteiger partial charge is 0.238 e. The van der Waals surface area contributed by atoms with Crippen molar-refractivity contribution < 1.29 is 9.59 Å². The third-order valence-electron chi connectivity index (χ3n) is 5.33. The number of benzene rings is 2. The predicted molar refractivity (Wildman–Crippen MR) is 91.0 cm³/mol. The first-order chi connectivity index (χ1) is 11.1. The third kappa shape index (κ3) is 2.11. The lowest BCUT2D eigenvalue weighted by Gasteiger charge is -2.23. The Hall–Kier alpha value is -2.42. The maximum atomic E-state index is 12.8. The standard InChI is InChI=1S/C20H19NO2/c1-12-9-17-18(10-13(12)2)20(23)21(19(17)22)16-8-7-14-5-3-4-6-15(14)11-16/h3-8,11,17-18H,9-10H2,1-2H3. The summed E-state index contributed by atoms with van der Waals surface area (Å²) in [5.41, 5.74) is 3.21. The molecule has 0 spiro atoms. The fourth-order valence-corrected chi connectivity index (χ4v) is 3.82. The molecule has 0 aromatic heterocycles. The number of allylic oxidation sites excluding steroid dienone is 2. The van der Waals surface area contributed by atoms with E-state index in [0.29, 0.717) is 18.5 Å². The average molecular weight is 305 g/mol. The summed E-state index contributed by atoms with van der Waals surface area (Å²) in [5, 5.41) is 2.16. The quantitative estimate of drug-likeness (QED) is 0.588. The van der Waals surface area contributed by atoms with Crippen LogP contribution in [0.1, 0.15) is 26.7 Å². The maximum Gasteiger partial charge on any atom is 0.238 e. The number of carbonyl (C=O) groups excluding carboxylic acids is 2. The van der Waals surface area contributed by atoms with Gasteiger partial charge in [0.15, 0.2) is 0 Å². The van der Waals surface area contributed by atoms with Gasteiger partial charge in [0.05, 0.1) is 17.5 Å². The molecule has 1 heterocycles. The van der Waals surface area contributed by atoms with E-state index in [1.807, 2.05) is 42.5 Å². The first-order valence-electron chi connectivity index (χ1n) is 8.08. The van der Waals surface area contributed by atoms with Gasteiger partial charge in [0.1, 0.15) is 0 Å². The minimum absolute atomic E-state index is 0.0397. The van der Waals surface area contributed by atoms with Crippen LogP contribution in [0.5, 0.6) is 0 Å². The number of hydrogen-bond acceptors (Lipinski definition) is 2. The zero-order valence-electron chi connectivity index (χ0n) is 13.4. The number of fused-ring (bicyclic) bond motifs is 2. The minimum Gasteiger partial charge on any atom is -0.274 e. The van der Waals surface area contributed by atoms with Crippen LogP contribution in [0.25, 0.3) is 10.8 Å². The van der Waals surface area contributed by atoms with Gasteiger partial charge >= 0.3 is 0 Å². The van der Waals surface area contributed by atoms with Crippen molar-refractivity contribution in [2.75, 3.05) is 4.90 Å². The van der Waals surface area contributed by atoms with Crippen LogP contribution in [0.3, 0.4) is 0 Å². The molecule has 1 saturated heterocycles. The van der Waals surface area contributed by atoms with E-state index < -0.39 is 0 Å². The summed E-state index contributed by atoms with van der Waals surface area (Å²) < 4.78 is 0. The van der Waals surface area contributed by atoms with E-state index in [4.69, 9.17) is 0 Å². The van der Waals surface area contributed by atoms with Gasteiger partial charge in [-0.25, -0.2) is 0 Å². The van der Waals surface area contributed by atoms with Crippen LogP contribution in [-0.4, -0.2) is 11.8 Å². The molecule has 0 N–H and O–H groups in total. The molecule has 2 unspecified atom stereocenters. The summed E-state index contributed by atoms with van der Waals surface area (Å²) in [6, 6.07) is 13.8. The van der Waals surface area contributed by atoms with Crippen LogP contribution in [0.15, 0.2) is 53.6 Å². The van der Waals surface area contributed by atoms with E-state index >= 15 is 0 Å². The molecule has 1 fully saturated rings. The summed E-state index contributed by atoms with van der Waals surface area (Å²) in [7, 11) is 0. The molecule has 23 heavy (non-hydrogen) atoms. The lowest BCUT2D eigenvalue weighted by molar-refractivity contribution is -0.122. The van der Waals surface area contributed by atoms with Crippen molar-refractivity contribution in [3.8, 4) is 0 Å². The van der Waals surface area contributed by atoms with E-state index in [2.05, 4.69) is 13.8 Å². The van der Waals surface area contributed by atoms with Crippen LogP contribution in [0.4, 0.5) is 5.69 Å². The van der Waals surface area contributed by atoms with Crippen molar-refractivity contribution in [2.45, 2.75) is 26.7 Å². The number of carbonyl (C=O) groups is 2. The van der Waals surface area contributed by atoms with Gasteiger partial charge in [-0.2, -0.15) is 0 Å². The monoisotopic (exact) mass is 305 g/mol. The van der Waals surface area contributed by atoms with Gasteiger partial charge < -0.3 is 0 Å². The third-order valence-corrected chi connectivity index (χ3v) is 5.33. The Morgan fingerprint density at radius 1 is 0.826 bits per heavy atom. The Labute approximate surface area is 135 Å². The normalized spacial score (nSPS) is 24.5. The van der Waals surface area contributed by atoms with Crippen molar-refractivity contribution in [1.82, 2.24) is 0 Å². The van der Waals surface area contributed by atoms with Crippen LogP contribution >= 0.6 is 0 Å². The van der Waals surface area contributed by atoms with Gasteiger partial charge in [-0.05, 0) is 49.6 Å². The molecular weight excluding hydrogens is 286 g/mol. The number of hydrogen-bond donors (Lipinski definition) is 0. The molecule has 0 radical (unpaired) electrons. The van der Waals surface area contributed by atoms with Crippen molar-refractivity contribution >= 4 is 28.3 Å². The van der Waals surface area contributed by atoms with Crippen molar-refractivity contribution in [3.05, 3.63) is 53.6 Å².